The molecule has 0 unspecified atom stereocenters. The molecule has 3 rings (SSSR count). The van der Waals surface area contributed by atoms with Crippen molar-refractivity contribution in [3.63, 3.8) is 0 Å². The van der Waals surface area contributed by atoms with E-state index in [-0.39, 0.29) is 12.0 Å². The first kappa shape index (κ1) is 14.9. The van der Waals surface area contributed by atoms with Gasteiger partial charge in [-0.25, -0.2) is 0 Å². The van der Waals surface area contributed by atoms with Crippen LogP contribution < -0.4 is 9.64 Å². The van der Waals surface area contributed by atoms with Crippen LogP contribution in [0, 0.1) is 0 Å². The van der Waals surface area contributed by atoms with Crippen molar-refractivity contribution in [2.45, 2.75) is 25.9 Å². The van der Waals surface area contributed by atoms with Gasteiger partial charge >= 0.3 is 0 Å². The molecule has 6 heteroatoms. The van der Waals surface area contributed by atoms with Crippen LogP contribution in [0.25, 0.3) is 0 Å². The summed E-state index contributed by atoms with van der Waals surface area (Å²) in [5, 5.41) is 4.72. The lowest BCUT2D eigenvalue weighted by molar-refractivity contribution is -0.119. The number of halogens is 1. The summed E-state index contributed by atoms with van der Waals surface area (Å²) in [5.41, 5.74) is 1.81. The Bertz CT molecular complexity index is 698. The molecule has 1 aliphatic heterocycles. The summed E-state index contributed by atoms with van der Waals surface area (Å²) >= 11 is 6.05. The van der Waals surface area contributed by atoms with Crippen LogP contribution in [0.4, 0.5) is 5.69 Å². The predicted octanol–water partition coefficient (Wildman–Crippen LogP) is 2.82. The van der Waals surface area contributed by atoms with E-state index in [1.54, 1.807) is 27.9 Å². The molecule has 1 amide bonds. The minimum absolute atomic E-state index is 0.0315. The number of hydrogen-bond donors (Lipinski definition) is 0. The molecule has 0 bridgehead atoms. The van der Waals surface area contributed by atoms with Gasteiger partial charge in [0, 0.05) is 24.7 Å². The number of nitrogens with zero attached hydrogens (tertiary/aromatic N) is 3. The van der Waals surface area contributed by atoms with E-state index in [1.165, 1.54) is 0 Å². The highest BCUT2D eigenvalue weighted by molar-refractivity contribution is 6.31. The van der Waals surface area contributed by atoms with Crippen molar-refractivity contribution in [3.8, 4) is 5.75 Å². The van der Waals surface area contributed by atoms with Gasteiger partial charge in [-0.1, -0.05) is 11.6 Å². The van der Waals surface area contributed by atoms with E-state index in [0.29, 0.717) is 30.2 Å². The summed E-state index contributed by atoms with van der Waals surface area (Å²) in [7, 11) is 1.87. The number of ether oxygens (including phenoxy) is 1. The highest BCUT2D eigenvalue weighted by Gasteiger charge is 2.27. The van der Waals surface area contributed by atoms with E-state index in [4.69, 9.17) is 16.3 Å². The van der Waals surface area contributed by atoms with Gasteiger partial charge in [-0.15, -0.1) is 0 Å². The first-order valence-electron chi connectivity index (χ1n) is 7.27. The molecule has 0 N–H and O–H groups in total. The van der Waals surface area contributed by atoms with Crippen LogP contribution in [0.15, 0.2) is 30.6 Å². The molecule has 1 aliphatic rings. The second kappa shape index (κ2) is 6.01. The molecule has 2 aromatic rings. The highest BCUT2D eigenvalue weighted by Crippen LogP contribution is 2.36. The van der Waals surface area contributed by atoms with Crippen LogP contribution in [-0.2, 0) is 18.3 Å². The van der Waals surface area contributed by atoms with E-state index >= 15 is 0 Å². The zero-order valence-electron chi connectivity index (χ0n) is 12.6. The Labute approximate surface area is 134 Å². The Morgan fingerprint density at radius 2 is 2.32 bits per heavy atom. The minimum atomic E-state index is -0.0315. The van der Waals surface area contributed by atoms with E-state index in [0.717, 1.165) is 11.3 Å². The SMILES string of the molecule is C[C@H]1CN(C(=O)CCc2cnn(C)c2)c2cc(Cl)ccc2O1. The predicted molar refractivity (Wildman–Crippen MR) is 85.4 cm³/mol. The molecule has 0 saturated heterocycles. The fourth-order valence-corrected chi connectivity index (χ4v) is 2.80. The van der Waals surface area contributed by atoms with Crippen LogP contribution in [0.3, 0.4) is 0 Å². The lowest BCUT2D eigenvalue weighted by Gasteiger charge is -2.33. The van der Waals surface area contributed by atoms with Gasteiger partial charge in [0.1, 0.15) is 11.9 Å². The van der Waals surface area contributed by atoms with Gasteiger partial charge in [-0.2, -0.15) is 5.10 Å². The van der Waals surface area contributed by atoms with Gasteiger partial charge in [0.25, 0.3) is 0 Å². The van der Waals surface area contributed by atoms with Crippen molar-refractivity contribution in [2.75, 3.05) is 11.4 Å². The Morgan fingerprint density at radius 3 is 3.05 bits per heavy atom. The summed E-state index contributed by atoms with van der Waals surface area (Å²) in [6.45, 7) is 2.50. The average Bonchev–Trinajstić information content (AvgIpc) is 2.90. The third-order valence-corrected chi connectivity index (χ3v) is 3.90. The van der Waals surface area contributed by atoms with Crippen molar-refractivity contribution < 1.29 is 9.53 Å². The van der Waals surface area contributed by atoms with E-state index in [1.807, 2.05) is 26.2 Å². The van der Waals surface area contributed by atoms with E-state index in [2.05, 4.69) is 5.10 Å². The van der Waals surface area contributed by atoms with Crippen LogP contribution in [0.1, 0.15) is 18.9 Å². The molecule has 1 aromatic heterocycles. The maximum atomic E-state index is 12.6. The van der Waals surface area contributed by atoms with Crippen LogP contribution >= 0.6 is 11.6 Å². The molecule has 22 heavy (non-hydrogen) atoms. The third-order valence-electron chi connectivity index (χ3n) is 3.67. The molecule has 0 radical (unpaired) electrons. The molecule has 0 aliphatic carbocycles. The quantitative estimate of drug-likeness (QED) is 0.874. The van der Waals surface area contributed by atoms with Gasteiger partial charge in [0.2, 0.25) is 5.91 Å². The average molecular weight is 320 g/mol. The largest absolute Gasteiger partial charge is 0.487 e. The number of hydrogen-bond acceptors (Lipinski definition) is 3. The number of benzene rings is 1. The van der Waals surface area contributed by atoms with Crippen LogP contribution in [0.2, 0.25) is 5.02 Å². The Hall–Kier alpha value is -2.01. The zero-order chi connectivity index (χ0) is 15.7. The Morgan fingerprint density at radius 1 is 1.50 bits per heavy atom. The minimum Gasteiger partial charge on any atom is -0.487 e. The molecule has 0 fully saturated rings. The number of fused-ring (bicyclic) bond motifs is 1. The summed E-state index contributed by atoms with van der Waals surface area (Å²) < 4.78 is 7.51. The Balaban J connectivity index is 1.76. The topological polar surface area (TPSA) is 47.4 Å². The summed E-state index contributed by atoms with van der Waals surface area (Å²) in [5.74, 6) is 0.778. The molecular formula is C16H18ClN3O2. The fourth-order valence-electron chi connectivity index (χ4n) is 2.63. The summed E-state index contributed by atoms with van der Waals surface area (Å²) in [4.78, 5) is 14.4. The van der Waals surface area contributed by atoms with Crippen molar-refractivity contribution in [3.05, 3.63) is 41.2 Å². The first-order valence-corrected chi connectivity index (χ1v) is 7.65. The molecule has 116 valence electrons. The molecular weight excluding hydrogens is 302 g/mol. The van der Waals surface area contributed by atoms with E-state index in [9.17, 15) is 4.79 Å². The number of carbonyl (C=O) groups is 1. The van der Waals surface area contributed by atoms with Gasteiger partial charge in [-0.3, -0.25) is 9.48 Å². The molecule has 1 aromatic carbocycles. The maximum Gasteiger partial charge on any atom is 0.227 e. The van der Waals surface area contributed by atoms with Crippen molar-refractivity contribution in [1.82, 2.24) is 9.78 Å². The number of rotatable bonds is 3. The number of aryl methyl sites for hydroxylation is 2. The second-order valence-electron chi connectivity index (χ2n) is 5.57. The lowest BCUT2D eigenvalue weighted by atomic mass is 10.1. The van der Waals surface area contributed by atoms with Crippen molar-refractivity contribution in [2.24, 2.45) is 7.05 Å². The number of carbonyl (C=O) groups excluding carboxylic acids is 1. The highest BCUT2D eigenvalue weighted by atomic mass is 35.5. The van der Waals surface area contributed by atoms with Crippen LogP contribution in [0.5, 0.6) is 5.75 Å². The van der Waals surface area contributed by atoms with E-state index < -0.39 is 0 Å². The monoisotopic (exact) mass is 319 g/mol. The maximum absolute atomic E-state index is 12.6. The number of amides is 1. The third kappa shape index (κ3) is 3.09. The Kier molecular flexibility index (Phi) is 4.07. The van der Waals surface area contributed by atoms with Crippen molar-refractivity contribution in [1.29, 1.82) is 0 Å². The molecule has 0 saturated carbocycles. The lowest BCUT2D eigenvalue weighted by Crippen LogP contribution is -2.42. The molecule has 1 atom stereocenters. The van der Waals surface area contributed by atoms with Crippen molar-refractivity contribution >= 4 is 23.2 Å². The van der Waals surface area contributed by atoms with Gasteiger partial charge in [-0.05, 0) is 37.1 Å². The number of anilines is 1. The van der Waals surface area contributed by atoms with Gasteiger partial charge in [0.05, 0.1) is 18.4 Å². The fraction of sp³-hybridized carbons (Fsp3) is 0.375. The summed E-state index contributed by atoms with van der Waals surface area (Å²) in [6, 6.07) is 5.37. The normalized spacial score (nSPS) is 17.0. The zero-order valence-corrected chi connectivity index (χ0v) is 13.4. The molecule has 5 nitrogen and oxygen atoms in total. The molecule has 0 spiro atoms. The molecule has 2 heterocycles. The summed E-state index contributed by atoms with van der Waals surface area (Å²) in [6.07, 6.45) is 4.80. The smallest absolute Gasteiger partial charge is 0.227 e. The van der Waals surface area contributed by atoms with Gasteiger partial charge < -0.3 is 9.64 Å². The second-order valence-corrected chi connectivity index (χ2v) is 6.00. The first-order chi connectivity index (χ1) is 10.5. The van der Waals surface area contributed by atoms with Gasteiger partial charge in [0.15, 0.2) is 0 Å². The standard InChI is InChI=1S/C16H18ClN3O2/c1-11-9-20(14-7-13(17)4-5-15(14)22-11)16(21)6-3-12-8-18-19(2)10-12/h4-5,7-8,10-11H,3,6,9H2,1-2H3/t11-/m0/s1. The number of aromatic nitrogens is 2. The van der Waals surface area contributed by atoms with Crippen LogP contribution in [-0.4, -0.2) is 28.3 Å².